The molecule has 0 aliphatic heterocycles. The molecule has 0 spiro atoms. The minimum atomic E-state index is -0.452. The number of hydrogen-bond acceptors (Lipinski definition) is 5. The lowest BCUT2D eigenvalue weighted by Gasteiger charge is -2.13. The molecule has 7 nitrogen and oxygen atoms in total. The Morgan fingerprint density at radius 3 is 2.50 bits per heavy atom. The second-order valence-electron chi connectivity index (χ2n) is 4.48. The van der Waals surface area contributed by atoms with E-state index in [1.54, 1.807) is 4.68 Å². The van der Waals surface area contributed by atoms with Crippen molar-refractivity contribution in [1.82, 2.24) is 24.8 Å². The smallest absolute Gasteiger partial charge is 0.204 e. The fourth-order valence-corrected chi connectivity index (χ4v) is 2.00. The second kappa shape index (κ2) is 6.62. The number of aromatic nitrogens is 5. The van der Waals surface area contributed by atoms with E-state index in [-0.39, 0.29) is 0 Å². The molecule has 0 fully saturated rings. The van der Waals surface area contributed by atoms with Gasteiger partial charge in [0.1, 0.15) is 5.69 Å². The van der Waals surface area contributed by atoms with Gasteiger partial charge in [-0.25, -0.2) is 4.68 Å². The molecule has 0 unspecified atom stereocenters. The normalized spacial score (nSPS) is 11.4. The molecule has 2 heterocycles. The molecule has 20 heavy (non-hydrogen) atoms. The summed E-state index contributed by atoms with van der Waals surface area (Å²) < 4.78 is 14.6. The Balaban J connectivity index is 2.09. The highest BCUT2D eigenvalue weighted by atomic mass is 16.7. The SMILES string of the molecule is CCOC(OCC)c1cn(Cc2cc(C)nn2C)nn1. The van der Waals surface area contributed by atoms with Gasteiger partial charge in [-0.3, -0.25) is 4.68 Å². The van der Waals surface area contributed by atoms with Crippen molar-refractivity contribution < 1.29 is 9.47 Å². The van der Waals surface area contributed by atoms with Crippen LogP contribution in [0.4, 0.5) is 0 Å². The van der Waals surface area contributed by atoms with E-state index in [0.29, 0.717) is 25.5 Å². The molecule has 0 saturated heterocycles. The third kappa shape index (κ3) is 3.43. The van der Waals surface area contributed by atoms with Gasteiger partial charge < -0.3 is 9.47 Å². The maximum Gasteiger partial charge on any atom is 0.204 e. The van der Waals surface area contributed by atoms with Crippen LogP contribution < -0.4 is 0 Å². The van der Waals surface area contributed by atoms with E-state index in [1.165, 1.54) is 0 Å². The van der Waals surface area contributed by atoms with Gasteiger partial charge >= 0.3 is 0 Å². The van der Waals surface area contributed by atoms with Gasteiger partial charge in [0.25, 0.3) is 0 Å². The molecule has 0 aliphatic carbocycles. The van der Waals surface area contributed by atoms with Gasteiger partial charge in [-0.05, 0) is 26.8 Å². The molecule has 2 rings (SSSR count). The van der Waals surface area contributed by atoms with Crippen molar-refractivity contribution in [2.24, 2.45) is 7.05 Å². The predicted molar refractivity (Wildman–Crippen MR) is 73.1 cm³/mol. The molecule has 0 aromatic carbocycles. The molecule has 0 saturated carbocycles. The number of rotatable bonds is 7. The molecule has 0 atom stereocenters. The Bertz CT molecular complexity index is 543. The highest BCUT2D eigenvalue weighted by Crippen LogP contribution is 2.16. The van der Waals surface area contributed by atoms with Crippen molar-refractivity contribution in [3.05, 3.63) is 29.3 Å². The van der Waals surface area contributed by atoms with Gasteiger partial charge in [0.2, 0.25) is 6.29 Å². The van der Waals surface area contributed by atoms with Gasteiger partial charge in [0.05, 0.1) is 24.1 Å². The maximum atomic E-state index is 5.50. The quantitative estimate of drug-likeness (QED) is 0.717. The van der Waals surface area contributed by atoms with Crippen LogP contribution in [0.25, 0.3) is 0 Å². The van der Waals surface area contributed by atoms with Crippen LogP contribution in [0.2, 0.25) is 0 Å². The van der Waals surface area contributed by atoms with E-state index in [0.717, 1.165) is 11.4 Å². The number of aryl methyl sites for hydroxylation is 2. The van der Waals surface area contributed by atoms with E-state index < -0.39 is 6.29 Å². The van der Waals surface area contributed by atoms with Crippen LogP contribution in [-0.2, 0) is 23.1 Å². The monoisotopic (exact) mass is 279 g/mol. The van der Waals surface area contributed by atoms with E-state index >= 15 is 0 Å². The zero-order chi connectivity index (χ0) is 14.5. The number of nitrogens with zero attached hydrogens (tertiary/aromatic N) is 5. The molecule has 2 aromatic heterocycles. The van der Waals surface area contributed by atoms with Crippen molar-refractivity contribution in [3.8, 4) is 0 Å². The molecule has 110 valence electrons. The molecular weight excluding hydrogens is 258 g/mol. The number of ether oxygens (including phenoxy) is 2. The van der Waals surface area contributed by atoms with E-state index in [4.69, 9.17) is 9.47 Å². The van der Waals surface area contributed by atoms with Crippen molar-refractivity contribution in [3.63, 3.8) is 0 Å². The summed E-state index contributed by atoms with van der Waals surface area (Å²) in [5.41, 5.74) is 2.75. The lowest BCUT2D eigenvalue weighted by atomic mass is 10.3. The summed E-state index contributed by atoms with van der Waals surface area (Å²) in [7, 11) is 1.92. The van der Waals surface area contributed by atoms with E-state index in [2.05, 4.69) is 15.4 Å². The average Bonchev–Trinajstić information content (AvgIpc) is 2.97. The van der Waals surface area contributed by atoms with Crippen molar-refractivity contribution in [1.29, 1.82) is 0 Å². The van der Waals surface area contributed by atoms with Gasteiger partial charge in [-0.15, -0.1) is 5.10 Å². The third-order valence-electron chi connectivity index (χ3n) is 2.86. The summed E-state index contributed by atoms with van der Waals surface area (Å²) in [5.74, 6) is 0. The van der Waals surface area contributed by atoms with Crippen LogP contribution in [0.1, 0.15) is 37.2 Å². The van der Waals surface area contributed by atoms with Crippen molar-refractivity contribution in [2.75, 3.05) is 13.2 Å². The summed E-state index contributed by atoms with van der Waals surface area (Å²) in [6.45, 7) is 7.58. The van der Waals surface area contributed by atoms with Gasteiger partial charge in [0.15, 0.2) is 0 Å². The van der Waals surface area contributed by atoms with Gasteiger partial charge in [-0.1, -0.05) is 5.21 Å². The predicted octanol–water partition coefficient (Wildman–Crippen LogP) is 1.44. The van der Waals surface area contributed by atoms with E-state index in [1.807, 2.05) is 44.8 Å². The second-order valence-corrected chi connectivity index (χ2v) is 4.48. The third-order valence-corrected chi connectivity index (χ3v) is 2.86. The van der Waals surface area contributed by atoms with Crippen LogP contribution in [0, 0.1) is 6.92 Å². The van der Waals surface area contributed by atoms with Crippen molar-refractivity contribution >= 4 is 0 Å². The minimum absolute atomic E-state index is 0.452. The van der Waals surface area contributed by atoms with Crippen LogP contribution in [0.15, 0.2) is 12.3 Å². The molecular formula is C13H21N5O2. The first kappa shape index (κ1) is 14.7. The lowest BCUT2D eigenvalue weighted by molar-refractivity contribution is -0.142. The lowest BCUT2D eigenvalue weighted by Crippen LogP contribution is -2.09. The van der Waals surface area contributed by atoms with Crippen LogP contribution in [0.3, 0.4) is 0 Å². The van der Waals surface area contributed by atoms with E-state index in [9.17, 15) is 0 Å². The Kier molecular flexibility index (Phi) is 4.86. The Morgan fingerprint density at radius 2 is 1.95 bits per heavy atom. The summed E-state index contributed by atoms with van der Waals surface area (Å²) >= 11 is 0. The molecule has 0 N–H and O–H groups in total. The largest absolute Gasteiger partial charge is 0.347 e. The van der Waals surface area contributed by atoms with Crippen LogP contribution in [-0.4, -0.2) is 38.0 Å². The maximum absolute atomic E-state index is 5.50. The number of hydrogen-bond donors (Lipinski definition) is 0. The van der Waals surface area contributed by atoms with Crippen molar-refractivity contribution in [2.45, 2.75) is 33.6 Å². The topological polar surface area (TPSA) is 67.0 Å². The Labute approximate surface area is 118 Å². The first-order valence-corrected chi connectivity index (χ1v) is 6.76. The zero-order valence-corrected chi connectivity index (χ0v) is 12.4. The zero-order valence-electron chi connectivity index (χ0n) is 12.4. The molecule has 7 heteroatoms. The summed E-state index contributed by atoms with van der Waals surface area (Å²) in [6.07, 6.45) is 1.39. The fourth-order valence-electron chi connectivity index (χ4n) is 2.00. The Hall–Kier alpha value is -1.73. The highest BCUT2D eigenvalue weighted by molar-refractivity contribution is 5.09. The molecule has 0 amide bonds. The minimum Gasteiger partial charge on any atom is -0.347 e. The molecule has 0 bridgehead atoms. The van der Waals surface area contributed by atoms with Crippen LogP contribution >= 0.6 is 0 Å². The summed E-state index contributed by atoms with van der Waals surface area (Å²) in [5, 5.41) is 12.5. The average molecular weight is 279 g/mol. The summed E-state index contributed by atoms with van der Waals surface area (Å²) in [4.78, 5) is 0. The Morgan fingerprint density at radius 1 is 1.25 bits per heavy atom. The van der Waals surface area contributed by atoms with Gasteiger partial charge in [0, 0.05) is 20.3 Å². The molecule has 0 aliphatic rings. The fraction of sp³-hybridized carbons (Fsp3) is 0.615. The molecule has 2 aromatic rings. The summed E-state index contributed by atoms with van der Waals surface area (Å²) in [6, 6.07) is 2.03. The van der Waals surface area contributed by atoms with Gasteiger partial charge in [-0.2, -0.15) is 5.10 Å². The van der Waals surface area contributed by atoms with Crippen LogP contribution in [0.5, 0.6) is 0 Å². The standard InChI is InChI=1S/C13H21N5O2/c1-5-19-13(20-6-2)12-9-18(16-14-12)8-11-7-10(3)15-17(11)4/h7,9,13H,5-6,8H2,1-4H3. The highest BCUT2D eigenvalue weighted by Gasteiger charge is 2.16. The molecule has 0 radical (unpaired) electrons. The first-order valence-electron chi connectivity index (χ1n) is 6.76. The first-order chi connectivity index (χ1) is 9.63.